The Morgan fingerprint density at radius 3 is 2.36 bits per heavy atom. The number of aliphatic hydroxyl groups is 1. The van der Waals surface area contributed by atoms with Gasteiger partial charge >= 0.3 is 0 Å². The molecule has 0 fully saturated rings. The first-order valence-electron chi connectivity index (χ1n) is 7.19. The zero-order valence-electron chi connectivity index (χ0n) is 13.8. The third kappa shape index (κ3) is 9.17. The minimum absolute atomic E-state index is 0.0210. The molecule has 8 heteroatoms. The van der Waals surface area contributed by atoms with Gasteiger partial charge < -0.3 is 25.6 Å². The maximum absolute atomic E-state index is 11.9. The lowest BCUT2D eigenvalue weighted by Crippen LogP contribution is -2.48. The van der Waals surface area contributed by atoms with Gasteiger partial charge in [0.1, 0.15) is 18.2 Å². The second-order valence-corrected chi connectivity index (χ2v) is 5.88. The Hall–Kier alpha value is -1.83. The number of aliphatic hydroxyl groups excluding tert-OH is 1. The van der Waals surface area contributed by atoms with Crippen molar-refractivity contribution < 1.29 is 24.5 Å². The van der Waals surface area contributed by atoms with Crippen molar-refractivity contribution in [3.63, 3.8) is 0 Å². The van der Waals surface area contributed by atoms with Crippen LogP contribution in [0.15, 0.2) is 4.99 Å². The molecular formula is C14H26N3O5-. The maximum Gasteiger partial charge on any atom is 0.245 e. The zero-order chi connectivity index (χ0) is 17.3. The third-order valence-corrected chi connectivity index (χ3v) is 2.46. The van der Waals surface area contributed by atoms with E-state index in [0.29, 0.717) is 13.0 Å². The molecule has 8 nitrogen and oxygen atoms in total. The Balaban J connectivity index is 4.40. The fourth-order valence-corrected chi connectivity index (χ4v) is 1.35. The number of amides is 2. The maximum atomic E-state index is 11.9. The van der Waals surface area contributed by atoms with Crippen molar-refractivity contribution in [1.29, 1.82) is 0 Å². The molecule has 0 saturated carbocycles. The number of carbonyl (C=O) groups excluding carboxylic acids is 2. The molecule has 0 aliphatic carbocycles. The Bertz CT molecular complexity index is 404. The predicted molar refractivity (Wildman–Crippen MR) is 80.1 cm³/mol. The van der Waals surface area contributed by atoms with E-state index in [0.717, 1.165) is 0 Å². The summed E-state index contributed by atoms with van der Waals surface area (Å²) in [6.07, 6.45) is -0.383. The number of hydrogen-bond acceptors (Lipinski definition) is 6. The number of hydrogen-bond donors (Lipinski definition) is 3. The molecule has 0 bridgehead atoms. The van der Waals surface area contributed by atoms with Gasteiger partial charge in [0.25, 0.3) is 0 Å². The predicted octanol–water partition coefficient (Wildman–Crippen LogP) is -1.09. The number of carbonyl (C=O) groups is 2. The molecule has 0 rings (SSSR count). The summed E-state index contributed by atoms with van der Waals surface area (Å²) in [6, 6.07) is -1.72. The average molecular weight is 316 g/mol. The fourth-order valence-electron chi connectivity index (χ4n) is 1.35. The summed E-state index contributed by atoms with van der Waals surface area (Å²) < 4.78 is 4.99. The van der Waals surface area contributed by atoms with Gasteiger partial charge in [0.05, 0.1) is 0 Å². The molecule has 22 heavy (non-hydrogen) atoms. The van der Waals surface area contributed by atoms with E-state index in [4.69, 9.17) is 9.84 Å². The molecule has 0 saturated heterocycles. The van der Waals surface area contributed by atoms with E-state index in [1.54, 1.807) is 20.8 Å². The monoisotopic (exact) mass is 316 g/mol. The summed E-state index contributed by atoms with van der Waals surface area (Å²) in [6.45, 7) is 8.36. The van der Waals surface area contributed by atoms with Crippen LogP contribution in [0.4, 0.5) is 0 Å². The SMILES string of the molecule is C[C@H](N=C([O-])OC(C)(C)C)C(=O)N[C@@H](C)C(=O)NCCCO. The molecule has 3 N–H and O–H groups in total. The van der Waals surface area contributed by atoms with Gasteiger partial charge in [-0.25, -0.2) is 0 Å². The highest BCUT2D eigenvalue weighted by Gasteiger charge is 2.19. The first-order chi connectivity index (χ1) is 10.1. The summed E-state index contributed by atoms with van der Waals surface area (Å²) in [7, 11) is 0. The van der Waals surface area contributed by atoms with Gasteiger partial charge in [-0.3, -0.25) is 14.6 Å². The van der Waals surface area contributed by atoms with Crippen molar-refractivity contribution in [3.05, 3.63) is 0 Å². The highest BCUT2D eigenvalue weighted by Crippen LogP contribution is 2.06. The van der Waals surface area contributed by atoms with Crippen LogP contribution < -0.4 is 15.7 Å². The summed E-state index contributed by atoms with van der Waals surface area (Å²) in [5, 5.41) is 25.1. The highest BCUT2D eigenvalue weighted by atomic mass is 16.6. The van der Waals surface area contributed by atoms with E-state index >= 15 is 0 Å². The van der Waals surface area contributed by atoms with Crippen LogP contribution in [0.25, 0.3) is 0 Å². The largest absolute Gasteiger partial charge is 0.595 e. The molecule has 0 aliphatic heterocycles. The van der Waals surface area contributed by atoms with Gasteiger partial charge in [0, 0.05) is 18.8 Å². The summed E-state index contributed by atoms with van der Waals surface area (Å²) >= 11 is 0. The van der Waals surface area contributed by atoms with Crippen LogP contribution in [0.2, 0.25) is 0 Å². The van der Waals surface area contributed by atoms with Crippen LogP contribution in [0, 0.1) is 0 Å². The van der Waals surface area contributed by atoms with Crippen LogP contribution in [-0.2, 0) is 14.3 Å². The van der Waals surface area contributed by atoms with Gasteiger partial charge in [0.2, 0.25) is 11.8 Å². The van der Waals surface area contributed by atoms with Crippen LogP contribution in [0.1, 0.15) is 41.0 Å². The molecule has 0 spiro atoms. The Kier molecular flexibility index (Phi) is 8.47. The Morgan fingerprint density at radius 2 is 1.86 bits per heavy atom. The van der Waals surface area contributed by atoms with Crippen LogP contribution in [-0.4, -0.2) is 53.8 Å². The van der Waals surface area contributed by atoms with E-state index in [1.807, 2.05) is 0 Å². The van der Waals surface area contributed by atoms with Gasteiger partial charge in [-0.15, -0.1) is 0 Å². The minimum atomic E-state index is -0.956. The molecule has 0 aromatic carbocycles. The second-order valence-electron chi connectivity index (χ2n) is 5.88. The van der Waals surface area contributed by atoms with Gasteiger partial charge in [0.15, 0.2) is 0 Å². The molecule has 0 radical (unpaired) electrons. The Labute approximate surface area is 131 Å². The van der Waals surface area contributed by atoms with E-state index in [2.05, 4.69) is 15.6 Å². The quantitative estimate of drug-likeness (QED) is 0.313. The van der Waals surface area contributed by atoms with E-state index < -0.39 is 29.7 Å². The number of nitrogens with one attached hydrogen (secondary N) is 2. The summed E-state index contributed by atoms with van der Waals surface area (Å²) in [5.74, 6) is -0.915. The first kappa shape index (κ1) is 20.2. The van der Waals surface area contributed by atoms with Gasteiger partial charge in [-0.2, -0.15) is 0 Å². The molecule has 0 heterocycles. The molecule has 128 valence electrons. The number of ether oxygens (including phenoxy) is 1. The smallest absolute Gasteiger partial charge is 0.245 e. The highest BCUT2D eigenvalue weighted by molar-refractivity contribution is 5.90. The number of rotatable bonds is 7. The summed E-state index contributed by atoms with van der Waals surface area (Å²) in [5.41, 5.74) is -0.684. The fraction of sp³-hybridized carbons (Fsp3) is 0.786. The average Bonchev–Trinajstić information content (AvgIpc) is 2.36. The van der Waals surface area contributed by atoms with Gasteiger partial charge in [-0.1, -0.05) is 20.8 Å². The molecule has 2 amide bonds. The lowest BCUT2D eigenvalue weighted by atomic mass is 10.2. The molecule has 0 aliphatic rings. The van der Waals surface area contributed by atoms with Crippen molar-refractivity contribution in [2.75, 3.05) is 13.2 Å². The van der Waals surface area contributed by atoms with Gasteiger partial charge in [-0.05, 0) is 20.3 Å². The third-order valence-electron chi connectivity index (χ3n) is 2.46. The molecular weight excluding hydrogens is 290 g/mol. The first-order valence-corrected chi connectivity index (χ1v) is 7.19. The van der Waals surface area contributed by atoms with Crippen molar-refractivity contribution in [3.8, 4) is 0 Å². The second kappa shape index (κ2) is 9.24. The van der Waals surface area contributed by atoms with Crippen LogP contribution in [0.5, 0.6) is 0 Å². The van der Waals surface area contributed by atoms with E-state index in [-0.39, 0.29) is 12.5 Å². The molecule has 0 aromatic heterocycles. The van der Waals surface area contributed by atoms with Crippen molar-refractivity contribution in [2.24, 2.45) is 4.99 Å². The lowest BCUT2D eigenvalue weighted by molar-refractivity contribution is -0.260. The Morgan fingerprint density at radius 1 is 1.27 bits per heavy atom. The normalized spacial score (nSPS) is 14.9. The van der Waals surface area contributed by atoms with E-state index in [1.165, 1.54) is 13.8 Å². The topological polar surface area (TPSA) is 123 Å². The molecule has 0 aromatic rings. The molecule has 0 unspecified atom stereocenters. The minimum Gasteiger partial charge on any atom is -0.595 e. The zero-order valence-corrected chi connectivity index (χ0v) is 13.8. The molecule has 2 atom stereocenters. The number of aliphatic imine (C=N–C) groups is 1. The van der Waals surface area contributed by atoms with Crippen LogP contribution in [0.3, 0.4) is 0 Å². The summed E-state index contributed by atoms with van der Waals surface area (Å²) in [4.78, 5) is 27.1. The van der Waals surface area contributed by atoms with Crippen molar-refractivity contribution in [1.82, 2.24) is 10.6 Å². The van der Waals surface area contributed by atoms with E-state index in [9.17, 15) is 14.7 Å². The number of nitrogens with zero attached hydrogens (tertiary/aromatic N) is 1. The van der Waals surface area contributed by atoms with Crippen molar-refractivity contribution in [2.45, 2.75) is 58.7 Å². The van der Waals surface area contributed by atoms with Crippen LogP contribution >= 0.6 is 0 Å². The lowest BCUT2D eigenvalue weighted by Gasteiger charge is -2.30. The van der Waals surface area contributed by atoms with Crippen molar-refractivity contribution >= 4 is 17.9 Å². The standard InChI is InChI=1S/C14H27N3O5/c1-9(11(19)15-7-6-8-18)16-12(20)10(2)17-13(21)22-14(3,4)5/h9-10,18H,6-8H2,1-5H3,(H,15,19)(H,16,20)(H,17,21)/p-1/t9-,10-/m0/s1.